The number of hydrogen-bond donors (Lipinski definition) is 0. The summed E-state index contributed by atoms with van der Waals surface area (Å²) in [6, 6.07) is 7.11. The third-order valence-corrected chi connectivity index (χ3v) is 4.05. The molecule has 0 bridgehead atoms. The lowest BCUT2D eigenvalue weighted by Crippen LogP contribution is -2.00. The van der Waals surface area contributed by atoms with Crippen molar-refractivity contribution in [3.8, 4) is 5.82 Å². The maximum absolute atomic E-state index is 11.3. The molecule has 0 fully saturated rings. The summed E-state index contributed by atoms with van der Waals surface area (Å²) in [6.45, 7) is 1.90. The van der Waals surface area contributed by atoms with Crippen molar-refractivity contribution in [2.75, 3.05) is 7.11 Å². The van der Waals surface area contributed by atoms with Crippen LogP contribution in [0, 0.1) is 6.92 Å². The number of thioether (sulfide) groups is 1. The summed E-state index contributed by atoms with van der Waals surface area (Å²) >= 11 is 1.47. The second kappa shape index (κ2) is 6.66. The minimum atomic E-state index is -0.485. The second-order valence-electron chi connectivity index (χ2n) is 4.62. The van der Waals surface area contributed by atoms with Crippen molar-refractivity contribution in [2.24, 2.45) is 0 Å². The molecule has 3 heterocycles. The Bertz CT molecular complexity index is 810. The monoisotopic (exact) mass is 330 g/mol. The van der Waals surface area contributed by atoms with Crippen molar-refractivity contribution in [2.45, 2.75) is 17.7 Å². The van der Waals surface area contributed by atoms with Crippen LogP contribution in [-0.4, -0.2) is 32.8 Å². The molecule has 3 aromatic rings. The molecule has 0 aliphatic heterocycles. The average molecular weight is 330 g/mol. The first-order valence-electron chi connectivity index (χ1n) is 6.81. The Morgan fingerprint density at radius 2 is 2.17 bits per heavy atom. The lowest BCUT2D eigenvalue weighted by atomic mass is 10.4. The third kappa shape index (κ3) is 3.42. The summed E-state index contributed by atoms with van der Waals surface area (Å²) in [6.07, 6.45) is 3.55. The third-order valence-electron chi connectivity index (χ3n) is 3.11. The SMILES string of the molecule is COC(=O)c1ccc(CSc2ccc(-n3ccnc3C)nn2)o1. The molecular formula is C15H14N4O3S. The zero-order valence-corrected chi connectivity index (χ0v) is 13.4. The number of aromatic nitrogens is 4. The predicted molar refractivity (Wildman–Crippen MR) is 83.5 cm³/mol. The highest BCUT2D eigenvalue weighted by Gasteiger charge is 2.11. The van der Waals surface area contributed by atoms with Crippen molar-refractivity contribution >= 4 is 17.7 Å². The lowest BCUT2D eigenvalue weighted by molar-refractivity contribution is 0.0563. The van der Waals surface area contributed by atoms with Crippen LogP contribution in [0.2, 0.25) is 0 Å². The molecule has 23 heavy (non-hydrogen) atoms. The van der Waals surface area contributed by atoms with Gasteiger partial charge in [0.2, 0.25) is 5.76 Å². The highest BCUT2D eigenvalue weighted by atomic mass is 32.2. The van der Waals surface area contributed by atoms with E-state index in [2.05, 4.69) is 19.9 Å². The Hall–Kier alpha value is -2.61. The Labute approximate surface area is 136 Å². The number of methoxy groups -OCH3 is 1. The number of hydrogen-bond acceptors (Lipinski definition) is 7. The molecule has 0 unspecified atom stereocenters. The molecular weight excluding hydrogens is 316 g/mol. The van der Waals surface area contributed by atoms with E-state index >= 15 is 0 Å². The number of carbonyl (C=O) groups is 1. The first kappa shape index (κ1) is 15.3. The van der Waals surface area contributed by atoms with Gasteiger partial charge >= 0.3 is 5.97 Å². The van der Waals surface area contributed by atoms with Crippen LogP contribution in [0.1, 0.15) is 22.1 Å². The van der Waals surface area contributed by atoms with Gasteiger partial charge < -0.3 is 9.15 Å². The first-order chi connectivity index (χ1) is 11.2. The summed E-state index contributed by atoms with van der Waals surface area (Å²) in [5, 5.41) is 9.13. The summed E-state index contributed by atoms with van der Waals surface area (Å²) in [5.41, 5.74) is 0. The number of aryl methyl sites for hydroxylation is 1. The standard InChI is InChI=1S/C15H14N4O3S/c1-10-16-7-8-19(10)13-5-6-14(18-17-13)23-9-11-3-4-12(22-11)15(20)21-2/h3-8H,9H2,1-2H3. The van der Waals surface area contributed by atoms with Crippen molar-refractivity contribution in [3.05, 3.63) is 54.0 Å². The molecule has 0 aromatic carbocycles. The second-order valence-corrected chi connectivity index (χ2v) is 5.62. The van der Waals surface area contributed by atoms with E-state index in [-0.39, 0.29) is 5.76 Å². The Morgan fingerprint density at radius 3 is 2.83 bits per heavy atom. The number of imidazole rings is 1. The number of ether oxygens (including phenoxy) is 1. The number of nitrogens with zero attached hydrogens (tertiary/aromatic N) is 4. The largest absolute Gasteiger partial charge is 0.463 e. The molecule has 0 aliphatic carbocycles. The molecule has 3 aromatic heterocycles. The number of esters is 1. The fraction of sp³-hybridized carbons (Fsp3) is 0.200. The maximum atomic E-state index is 11.3. The first-order valence-corrected chi connectivity index (χ1v) is 7.80. The van der Waals surface area contributed by atoms with Gasteiger partial charge in [-0.15, -0.1) is 10.2 Å². The van der Waals surface area contributed by atoms with Crippen molar-refractivity contribution in [3.63, 3.8) is 0 Å². The summed E-state index contributed by atoms with van der Waals surface area (Å²) in [5.74, 6) is 2.50. The van der Waals surface area contributed by atoms with Gasteiger partial charge in [-0.25, -0.2) is 9.78 Å². The number of carbonyl (C=O) groups excluding carboxylic acids is 1. The van der Waals surface area contributed by atoms with Gasteiger partial charge in [-0.3, -0.25) is 4.57 Å². The molecule has 0 amide bonds. The summed E-state index contributed by atoms with van der Waals surface area (Å²) in [4.78, 5) is 15.5. The van der Waals surface area contributed by atoms with E-state index in [0.717, 1.165) is 16.7 Å². The highest BCUT2D eigenvalue weighted by molar-refractivity contribution is 7.98. The minimum absolute atomic E-state index is 0.195. The molecule has 0 spiro atoms. The zero-order valence-electron chi connectivity index (χ0n) is 12.6. The van der Waals surface area contributed by atoms with E-state index in [4.69, 9.17) is 4.42 Å². The fourth-order valence-electron chi connectivity index (χ4n) is 1.95. The zero-order chi connectivity index (χ0) is 16.2. The van der Waals surface area contributed by atoms with Crippen LogP contribution in [0.5, 0.6) is 0 Å². The van der Waals surface area contributed by atoms with Crippen molar-refractivity contribution in [1.82, 2.24) is 19.7 Å². The molecule has 0 atom stereocenters. The van der Waals surface area contributed by atoms with Gasteiger partial charge in [-0.1, -0.05) is 11.8 Å². The maximum Gasteiger partial charge on any atom is 0.373 e. The minimum Gasteiger partial charge on any atom is -0.463 e. The molecule has 0 N–H and O–H groups in total. The van der Waals surface area contributed by atoms with E-state index in [1.807, 2.05) is 29.8 Å². The van der Waals surface area contributed by atoms with Crippen LogP contribution in [0.15, 0.2) is 46.1 Å². The topological polar surface area (TPSA) is 83.0 Å². The van der Waals surface area contributed by atoms with Crippen LogP contribution in [0.25, 0.3) is 5.82 Å². The smallest absolute Gasteiger partial charge is 0.373 e. The molecule has 3 rings (SSSR count). The van der Waals surface area contributed by atoms with Gasteiger partial charge in [0.1, 0.15) is 16.6 Å². The van der Waals surface area contributed by atoms with Gasteiger partial charge in [-0.2, -0.15) is 0 Å². The quantitative estimate of drug-likeness (QED) is 0.525. The Morgan fingerprint density at radius 1 is 1.30 bits per heavy atom. The van der Waals surface area contributed by atoms with Crippen LogP contribution >= 0.6 is 11.8 Å². The van der Waals surface area contributed by atoms with E-state index < -0.39 is 5.97 Å². The highest BCUT2D eigenvalue weighted by Crippen LogP contribution is 2.22. The number of furan rings is 1. The normalized spacial score (nSPS) is 10.7. The molecule has 7 nitrogen and oxygen atoms in total. The van der Waals surface area contributed by atoms with Gasteiger partial charge in [0.15, 0.2) is 5.82 Å². The molecule has 8 heteroatoms. The molecule has 0 saturated heterocycles. The fourth-order valence-corrected chi connectivity index (χ4v) is 2.66. The summed E-state index contributed by atoms with van der Waals surface area (Å²) < 4.78 is 11.9. The van der Waals surface area contributed by atoms with Gasteiger partial charge in [-0.05, 0) is 31.2 Å². The molecule has 0 saturated carbocycles. The average Bonchev–Trinajstić information content (AvgIpc) is 3.22. The van der Waals surface area contributed by atoms with E-state index in [9.17, 15) is 4.79 Å². The summed E-state index contributed by atoms with van der Waals surface area (Å²) in [7, 11) is 1.32. The van der Waals surface area contributed by atoms with Gasteiger partial charge in [0.05, 0.1) is 12.9 Å². The molecule has 0 aliphatic rings. The van der Waals surface area contributed by atoms with Crippen molar-refractivity contribution in [1.29, 1.82) is 0 Å². The van der Waals surface area contributed by atoms with Gasteiger partial charge in [0, 0.05) is 12.4 Å². The van der Waals surface area contributed by atoms with Crippen LogP contribution in [0.4, 0.5) is 0 Å². The predicted octanol–water partition coefficient (Wildman–Crippen LogP) is 2.64. The Balaban J connectivity index is 1.64. The molecule has 0 radical (unpaired) electrons. The van der Waals surface area contributed by atoms with Crippen LogP contribution in [-0.2, 0) is 10.5 Å². The molecule has 118 valence electrons. The van der Waals surface area contributed by atoms with Crippen LogP contribution < -0.4 is 0 Å². The Kier molecular flexibility index (Phi) is 4.42. The van der Waals surface area contributed by atoms with E-state index in [1.54, 1.807) is 18.3 Å². The van der Waals surface area contributed by atoms with Crippen molar-refractivity contribution < 1.29 is 13.9 Å². The van der Waals surface area contributed by atoms with E-state index in [1.165, 1.54) is 18.9 Å². The van der Waals surface area contributed by atoms with E-state index in [0.29, 0.717) is 11.5 Å². The van der Waals surface area contributed by atoms with Gasteiger partial charge in [0.25, 0.3) is 0 Å². The lowest BCUT2D eigenvalue weighted by Gasteiger charge is -2.03. The number of rotatable bonds is 5. The van der Waals surface area contributed by atoms with Crippen LogP contribution in [0.3, 0.4) is 0 Å².